The normalized spacial score (nSPS) is 10.4. The van der Waals surface area contributed by atoms with Crippen molar-refractivity contribution < 1.29 is 14.3 Å². The van der Waals surface area contributed by atoms with Gasteiger partial charge in [-0.2, -0.15) is 0 Å². The number of carbonyl (C=O) groups excluding carboxylic acids is 1. The summed E-state index contributed by atoms with van der Waals surface area (Å²) in [5.41, 5.74) is 0.655. The van der Waals surface area contributed by atoms with Gasteiger partial charge in [0.1, 0.15) is 5.82 Å². The van der Waals surface area contributed by atoms with Crippen LogP contribution >= 0.6 is 0 Å². The zero-order valence-corrected chi connectivity index (χ0v) is 8.61. The lowest BCUT2D eigenvalue weighted by molar-refractivity contribution is 0.237. The second kappa shape index (κ2) is 6.58. The van der Waals surface area contributed by atoms with Crippen molar-refractivity contribution in [1.82, 2.24) is 10.6 Å². The predicted octanol–water partition coefficient (Wildman–Crippen LogP) is 1.09. The number of aliphatic hydroxyl groups is 1. The van der Waals surface area contributed by atoms with Gasteiger partial charge in [0.05, 0.1) is 6.61 Å². The molecule has 0 aromatic heterocycles. The molecule has 0 unspecified atom stereocenters. The number of rotatable bonds is 4. The molecule has 4 nitrogen and oxygen atoms in total. The predicted molar refractivity (Wildman–Crippen MR) is 59.1 cm³/mol. The topological polar surface area (TPSA) is 61.4 Å². The first-order chi connectivity index (χ1) is 7.72. The SMILES string of the molecule is O=C(N/C=C/c1cccc(F)c1)NCCO. The Morgan fingerprint density at radius 2 is 2.31 bits per heavy atom. The van der Waals surface area contributed by atoms with E-state index in [0.29, 0.717) is 5.56 Å². The molecule has 86 valence electrons. The zero-order chi connectivity index (χ0) is 11.8. The van der Waals surface area contributed by atoms with Gasteiger partial charge in [-0.15, -0.1) is 0 Å². The Labute approximate surface area is 92.8 Å². The highest BCUT2D eigenvalue weighted by Gasteiger charge is 1.94. The van der Waals surface area contributed by atoms with Crippen LogP contribution in [-0.2, 0) is 0 Å². The number of urea groups is 1. The van der Waals surface area contributed by atoms with Crippen LogP contribution in [0.4, 0.5) is 9.18 Å². The summed E-state index contributed by atoms with van der Waals surface area (Å²) >= 11 is 0. The summed E-state index contributed by atoms with van der Waals surface area (Å²) in [4.78, 5) is 11.0. The van der Waals surface area contributed by atoms with Crippen LogP contribution in [0, 0.1) is 5.82 Å². The molecule has 0 heterocycles. The fourth-order valence-corrected chi connectivity index (χ4v) is 1.04. The fourth-order valence-electron chi connectivity index (χ4n) is 1.04. The summed E-state index contributed by atoms with van der Waals surface area (Å²) in [5, 5.41) is 13.3. The van der Waals surface area contributed by atoms with Crippen molar-refractivity contribution in [2.24, 2.45) is 0 Å². The molecule has 0 radical (unpaired) electrons. The van der Waals surface area contributed by atoms with Crippen molar-refractivity contribution >= 4 is 12.1 Å². The highest BCUT2D eigenvalue weighted by atomic mass is 19.1. The molecule has 0 atom stereocenters. The van der Waals surface area contributed by atoms with Gasteiger partial charge < -0.3 is 15.7 Å². The fraction of sp³-hybridized carbons (Fsp3) is 0.182. The Morgan fingerprint density at radius 3 is 3.00 bits per heavy atom. The third-order valence-corrected chi connectivity index (χ3v) is 1.74. The van der Waals surface area contributed by atoms with Gasteiger partial charge in [0.2, 0.25) is 0 Å². The molecule has 0 fully saturated rings. The highest BCUT2D eigenvalue weighted by Crippen LogP contribution is 2.04. The number of hydrogen-bond donors (Lipinski definition) is 3. The maximum Gasteiger partial charge on any atom is 0.318 e. The molecule has 1 rings (SSSR count). The number of halogens is 1. The molecule has 16 heavy (non-hydrogen) atoms. The smallest absolute Gasteiger partial charge is 0.318 e. The van der Waals surface area contributed by atoms with Crippen LogP contribution in [0.2, 0.25) is 0 Å². The van der Waals surface area contributed by atoms with Crippen molar-refractivity contribution in [3.8, 4) is 0 Å². The Morgan fingerprint density at radius 1 is 1.50 bits per heavy atom. The van der Waals surface area contributed by atoms with E-state index < -0.39 is 6.03 Å². The van der Waals surface area contributed by atoms with Crippen LogP contribution < -0.4 is 10.6 Å². The molecule has 0 spiro atoms. The molecule has 0 saturated heterocycles. The van der Waals surface area contributed by atoms with Crippen molar-refractivity contribution in [1.29, 1.82) is 0 Å². The minimum Gasteiger partial charge on any atom is -0.395 e. The maximum atomic E-state index is 12.8. The van der Waals surface area contributed by atoms with E-state index in [9.17, 15) is 9.18 Å². The molecule has 5 heteroatoms. The summed E-state index contributed by atoms with van der Waals surface area (Å²) in [5.74, 6) is -0.327. The lowest BCUT2D eigenvalue weighted by Gasteiger charge is -2.01. The standard InChI is InChI=1S/C11H13FN2O2/c12-10-3-1-2-9(8-10)4-5-13-11(16)14-6-7-15/h1-5,8,15H,6-7H2,(H2,13,14,16)/b5-4+. The van der Waals surface area contributed by atoms with Gasteiger partial charge in [-0.3, -0.25) is 0 Å². The van der Waals surface area contributed by atoms with Crippen molar-refractivity contribution in [3.63, 3.8) is 0 Å². The lowest BCUT2D eigenvalue weighted by atomic mass is 10.2. The Bertz CT molecular complexity index is 380. The molecule has 2 amide bonds. The summed E-state index contributed by atoms with van der Waals surface area (Å²) in [7, 11) is 0. The average molecular weight is 224 g/mol. The van der Waals surface area contributed by atoms with Gasteiger partial charge in [-0.05, 0) is 23.8 Å². The van der Waals surface area contributed by atoms with E-state index in [-0.39, 0.29) is 19.0 Å². The molecular formula is C11H13FN2O2. The van der Waals surface area contributed by atoms with Crippen molar-refractivity contribution in [2.45, 2.75) is 0 Å². The van der Waals surface area contributed by atoms with Gasteiger partial charge in [-0.25, -0.2) is 9.18 Å². The van der Waals surface area contributed by atoms with E-state index in [1.807, 2.05) is 0 Å². The molecular weight excluding hydrogens is 211 g/mol. The number of hydrogen-bond acceptors (Lipinski definition) is 2. The minimum atomic E-state index is -0.415. The van der Waals surface area contributed by atoms with E-state index in [1.54, 1.807) is 18.2 Å². The van der Waals surface area contributed by atoms with E-state index in [1.165, 1.54) is 18.3 Å². The summed E-state index contributed by atoms with van der Waals surface area (Å²) in [6.45, 7) is 0.0840. The van der Waals surface area contributed by atoms with Crippen LogP contribution in [-0.4, -0.2) is 24.3 Å². The number of benzene rings is 1. The van der Waals surface area contributed by atoms with Crippen LogP contribution in [0.1, 0.15) is 5.56 Å². The van der Waals surface area contributed by atoms with E-state index in [0.717, 1.165) is 0 Å². The first kappa shape index (κ1) is 12.2. The summed E-state index contributed by atoms with van der Waals surface area (Å²) < 4.78 is 12.8. The molecule has 0 bridgehead atoms. The molecule has 1 aromatic rings. The van der Waals surface area contributed by atoms with Gasteiger partial charge in [0, 0.05) is 12.7 Å². The summed E-state index contributed by atoms with van der Waals surface area (Å²) in [6.07, 6.45) is 2.98. The van der Waals surface area contributed by atoms with Gasteiger partial charge in [0.15, 0.2) is 0 Å². The molecule has 3 N–H and O–H groups in total. The maximum absolute atomic E-state index is 12.8. The summed E-state index contributed by atoms with van der Waals surface area (Å²) in [6, 6.07) is 5.58. The molecule has 0 aliphatic heterocycles. The van der Waals surface area contributed by atoms with Crippen molar-refractivity contribution in [3.05, 3.63) is 41.8 Å². The second-order valence-electron chi connectivity index (χ2n) is 3.01. The quantitative estimate of drug-likeness (QED) is 0.717. The van der Waals surface area contributed by atoms with Gasteiger partial charge in [-0.1, -0.05) is 12.1 Å². The first-order valence-corrected chi connectivity index (χ1v) is 4.79. The van der Waals surface area contributed by atoms with Crippen LogP contribution in [0.25, 0.3) is 6.08 Å². The molecule has 0 aliphatic rings. The van der Waals surface area contributed by atoms with E-state index in [4.69, 9.17) is 5.11 Å². The molecule has 1 aromatic carbocycles. The van der Waals surface area contributed by atoms with Crippen molar-refractivity contribution in [2.75, 3.05) is 13.2 Å². The number of carbonyl (C=O) groups is 1. The zero-order valence-electron chi connectivity index (χ0n) is 8.61. The van der Waals surface area contributed by atoms with Crippen LogP contribution in [0.15, 0.2) is 30.5 Å². The second-order valence-corrected chi connectivity index (χ2v) is 3.01. The lowest BCUT2D eigenvalue weighted by Crippen LogP contribution is -2.33. The Hall–Kier alpha value is -1.88. The monoisotopic (exact) mass is 224 g/mol. The first-order valence-electron chi connectivity index (χ1n) is 4.79. The third-order valence-electron chi connectivity index (χ3n) is 1.74. The minimum absolute atomic E-state index is 0.110. The van der Waals surface area contributed by atoms with E-state index >= 15 is 0 Å². The molecule has 0 aliphatic carbocycles. The van der Waals surface area contributed by atoms with Gasteiger partial charge in [0.25, 0.3) is 0 Å². The van der Waals surface area contributed by atoms with Crippen LogP contribution in [0.3, 0.4) is 0 Å². The Kier molecular flexibility index (Phi) is 5.01. The Balaban J connectivity index is 2.40. The van der Waals surface area contributed by atoms with Gasteiger partial charge >= 0.3 is 6.03 Å². The number of nitrogens with one attached hydrogen (secondary N) is 2. The van der Waals surface area contributed by atoms with E-state index in [2.05, 4.69) is 10.6 Å². The number of aliphatic hydroxyl groups excluding tert-OH is 1. The third kappa shape index (κ3) is 4.56. The highest BCUT2D eigenvalue weighted by molar-refractivity contribution is 5.75. The average Bonchev–Trinajstić information content (AvgIpc) is 2.26. The van der Waals surface area contributed by atoms with Crippen LogP contribution in [0.5, 0.6) is 0 Å². The molecule has 0 saturated carbocycles. The number of amides is 2. The largest absolute Gasteiger partial charge is 0.395 e.